The molecule has 0 spiro atoms. The molecule has 0 unspecified atom stereocenters. The van der Waals surface area contributed by atoms with E-state index in [4.69, 9.17) is 4.74 Å². The summed E-state index contributed by atoms with van der Waals surface area (Å²) in [5, 5.41) is 0. The first-order valence-electron chi connectivity index (χ1n) is 11.6. The van der Waals surface area contributed by atoms with Crippen LogP contribution < -0.4 is 0 Å². The average Bonchev–Trinajstić information content (AvgIpc) is 2.81. The number of sulfonamides is 2. The number of hydrogen-bond acceptors (Lipinski definition) is 7. The van der Waals surface area contributed by atoms with Crippen LogP contribution in [0.15, 0.2) is 34.1 Å². The molecule has 33 heavy (non-hydrogen) atoms. The van der Waals surface area contributed by atoms with E-state index in [9.17, 15) is 21.6 Å². The van der Waals surface area contributed by atoms with E-state index in [0.29, 0.717) is 32.5 Å². The number of esters is 1. The second kappa shape index (κ2) is 10.8. The van der Waals surface area contributed by atoms with Crippen molar-refractivity contribution in [3.8, 4) is 0 Å². The summed E-state index contributed by atoms with van der Waals surface area (Å²) in [6, 6.07) is 5.31. The number of likely N-dealkylation sites (tertiary alicyclic amines) is 1. The third-order valence-electron chi connectivity index (χ3n) is 6.47. The smallest absolute Gasteiger partial charge is 0.310 e. The molecule has 0 bridgehead atoms. The van der Waals surface area contributed by atoms with Crippen molar-refractivity contribution in [3.63, 3.8) is 0 Å². The van der Waals surface area contributed by atoms with Crippen molar-refractivity contribution >= 4 is 26.0 Å². The molecule has 1 aromatic carbocycles. The van der Waals surface area contributed by atoms with Gasteiger partial charge in [-0.2, -0.15) is 8.61 Å². The van der Waals surface area contributed by atoms with Crippen LogP contribution in [0.3, 0.4) is 0 Å². The van der Waals surface area contributed by atoms with Gasteiger partial charge in [-0.05, 0) is 57.0 Å². The zero-order valence-electron chi connectivity index (χ0n) is 19.6. The van der Waals surface area contributed by atoms with E-state index in [1.165, 1.54) is 32.9 Å². The van der Waals surface area contributed by atoms with E-state index in [1.54, 1.807) is 13.8 Å². The van der Waals surface area contributed by atoms with Gasteiger partial charge in [-0.25, -0.2) is 16.8 Å². The van der Waals surface area contributed by atoms with E-state index in [1.807, 2.05) is 7.05 Å². The van der Waals surface area contributed by atoms with Crippen LogP contribution in [0.25, 0.3) is 0 Å². The van der Waals surface area contributed by atoms with Gasteiger partial charge in [-0.1, -0.05) is 13.8 Å². The van der Waals surface area contributed by atoms with Crippen LogP contribution in [-0.4, -0.2) is 88.7 Å². The second-order valence-corrected chi connectivity index (χ2v) is 12.6. The summed E-state index contributed by atoms with van der Waals surface area (Å²) in [6.45, 7) is 6.33. The summed E-state index contributed by atoms with van der Waals surface area (Å²) >= 11 is 0. The Labute approximate surface area is 197 Å². The number of carbonyl (C=O) groups is 1. The molecule has 186 valence electrons. The monoisotopic (exact) mass is 501 g/mol. The Kier molecular flexibility index (Phi) is 8.55. The summed E-state index contributed by atoms with van der Waals surface area (Å²) in [5.41, 5.74) is 0. The molecule has 0 amide bonds. The number of hydrogen-bond donors (Lipinski definition) is 0. The fraction of sp³-hybridized carbons (Fsp3) is 0.682. The Morgan fingerprint density at radius 3 is 2.12 bits per heavy atom. The van der Waals surface area contributed by atoms with Crippen LogP contribution in [-0.2, 0) is 29.6 Å². The summed E-state index contributed by atoms with van der Waals surface area (Å²) in [5.74, 6) is -0.819. The van der Waals surface area contributed by atoms with Crippen molar-refractivity contribution in [2.75, 3.05) is 46.3 Å². The Balaban J connectivity index is 1.68. The molecule has 2 aliphatic heterocycles. The molecule has 2 aliphatic rings. The van der Waals surface area contributed by atoms with Crippen molar-refractivity contribution in [1.82, 2.24) is 13.5 Å². The first-order chi connectivity index (χ1) is 15.6. The zero-order valence-corrected chi connectivity index (χ0v) is 21.3. The summed E-state index contributed by atoms with van der Waals surface area (Å²) in [6.07, 6.45) is 2.64. The van der Waals surface area contributed by atoms with Gasteiger partial charge in [0, 0.05) is 39.3 Å². The lowest BCUT2D eigenvalue weighted by Crippen LogP contribution is -2.44. The first-order valence-corrected chi connectivity index (χ1v) is 14.5. The van der Waals surface area contributed by atoms with Crippen LogP contribution in [0.4, 0.5) is 0 Å². The minimum atomic E-state index is -3.85. The SMILES string of the molecule is CCN(CC)S(=O)(=O)c1ccc(S(=O)(=O)N2CCC[C@@H](C(=O)OC3CCN(C)CC3)C2)cc1. The van der Waals surface area contributed by atoms with Gasteiger partial charge in [0.25, 0.3) is 0 Å². The van der Waals surface area contributed by atoms with Crippen molar-refractivity contribution in [2.24, 2.45) is 5.92 Å². The molecule has 0 N–H and O–H groups in total. The predicted molar refractivity (Wildman–Crippen MR) is 125 cm³/mol. The van der Waals surface area contributed by atoms with Gasteiger partial charge < -0.3 is 9.64 Å². The van der Waals surface area contributed by atoms with Gasteiger partial charge in [0.2, 0.25) is 20.0 Å². The topological polar surface area (TPSA) is 104 Å². The number of rotatable bonds is 8. The molecule has 1 atom stereocenters. The van der Waals surface area contributed by atoms with Gasteiger partial charge >= 0.3 is 5.97 Å². The molecular formula is C22H35N3O6S2. The highest BCUT2D eigenvalue weighted by Crippen LogP contribution is 2.27. The van der Waals surface area contributed by atoms with Crippen LogP contribution >= 0.6 is 0 Å². The van der Waals surface area contributed by atoms with Gasteiger partial charge in [-0.15, -0.1) is 0 Å². The molecule has 0 saturated carbocycles. The van der Waals surface area contributed by atoms with E-state index in [0.717, 1.165) is 25.9 Å². The zero-order chi connectivity index (χ0) is 24.2. The minimum Gasteiger partial charge on any atom is -0.462 e. The van der Waals surface area contributed by atoms with Gasteiger partial charge in [0.15, 0.2) is 0 Å². The highest BCUT2D eigenvalue weighted by Gasteiger charge is 2.35. The Hall–Kier alpha value is -1.53. The number of benzene rings is 1. The maximum atomic E-state index is 13.2. The normalized spacial score (nSPS) is 21.9. The quantitative estimate of drug-likeness (QED) is 0.500. The predicted octanol–water partition coefficient (Wildman–Crippen LogP) is 1.76. The molecule has 0 radical (unpaired) electrons. The molecular weight excluding hydrogens is 466 g/mol. The third-order valence-corrected chi connectivity index (χ3v) is 10.4. The number of piperidine rings is 2. The Morgan fingerprint density at radius 2 is 1.55 bits per heavy atom. The number of nitrogens with zero attached hydrogens (tertiary/aromatic N) is 3. The van der Waals surface area contributed by atoms with E-state index in [-0.39, 0.29) is 28.4 Å². The van der Waals surface area contributed by atoms with Crippen molar-refractivity contribution in [3.05, 3.63) is 24.3 Å². The molecule has 2 heterocycles. The molecule has 11 heteroatoms. The van der Waals surface area contributed by atoms with Crippen molar-refractivity contribution in [1.29, 1.82) is 0 Å². The lowest BCUT2D eigenvalue weighted by atomic mass is 9.99. The van der Waals surface area contributed by atoms with E-state index in [2.05, 4.69) is 4.90 Å². The van der Waals surface area contributed by atoms with Crippen LogP contribution in [0.1, 0.15) is 39.5 Å². The van der Waals surface area contributed by atoms with E-state index < -0.39 is 26.0 Å². The molecule has 3 rings (SSSR count). The number of carbonyl (C=O) groups excluding carboxylic acids is 1. The largest absolute Gasteiger partial charge is 0.462 e. The summed E-state index contributed by atoms with van der Waals surface area (Å²) in [4.78, 5) is 15.0. The van der Waals surface area contributed by atoms with Crippen LogP contribution in [0, 0.1) is 5.92 Å². The highest BCUT2D eigenvalue weighted by molar-refractivity contribution is 7.89. The Bertz CT molecular complexity index is 1010. The van der Waals surface area contributed by atoms with Crippen molar-refractivity contribution in [2.45, 2.75) is 55.4 Å². The lowest BCUT2D eigenvalue weighted by Gasteiger charge is -2.33. The fourth-order valence-corrected chi connectivity index (χ4v) is 7.34. The second-order valence-electron chi connectivity index (χ2n) is 8.70. The van der Waals surface area contributed by atoms with Crippen LogP contribution in [0.2, 0.25) is 0 Å². The molecule has 1 aromatic rings. The van der Waals surface area contributed by atoms with E-state index >= 15 is 0 Å². The van der Waals surface area contributed by atoms with Crippen molar-refractivity contribution < 1.29 is 26.4 Å². The molecule has 9 nitrogen and oxygen atoms in total. The Morgan fingerprint density at radius 1 is 0.970 bits per heavy atom. The highest BCUT2D eigenvalue weighted by atomic mass is 32.2. The molecule has 2 saturated heterocycles. The summed E-state index contributed by atoms with van der Waals surface area (Å²) in [7, 11) is -5.48. The molecule has 0 aliphatic carbocycles. The first kappa shape index (κ1) is 26.1. The summed E-state index contributed by atoms with van der Waals surface area (Å²) < 4.78 is 60.0. The average molecular weight is 502 g/mol. The van der Waals surface area contributed by atoms with Gasteiger partial charge in [0.1, 0.15) is 6.10 Å². The fourth-order valence-electron chi connectivity index (χ4n) is 4.36. The molecule has 0 aromatic heterocycles. The maximum Gasteiger partial charge on any atom is 0.310 e. The van der Waals surface area contributed by atoms with Crippen LogP contribution in [0.5, 0.6) is 0 Å². The third kappa shape index (κ3) is 5.94. The minimum absolute atomic E-state index is 0.0188. The number of ether oxygens (including phenoxy) is 1. The standard InChI is InChI=1S/C22H35N3O6S2/c1-4-24(5-2)32(27,28)20-8-10-21(11-9-20)33(29,30)25-14-6-7-18(17-25)22(26)31-19-12-15-23(3)16-13-19/h8-11,18-19H,4-7,12-17H2,1-3H3/t18-/m1/s1. The lowest BCUT2D eigenvalue weighted by molar-refractivity contribution is -0.157. The van der Waals surface area contributed by atoms with Gasteiger partial charge in [0.05, 0.1) is 15.7 Å². The maximum absolute atomic E-state index is 13.2. The van der Waals surface area contributed by atoms with Gasteiger partial charge in [-0.3, -0.25) is 4.79 Å². The molecule has 2 fully saturated rings.